The summed E-state index contributed by atoms with van der Waals surface area (Å²) < 4.78 is 40.7. The van der Waals surface area contributed by atoms with Gasteiger partial charge in [-0.3, -0.25) is 9.59 Å². The minimum Gasteiger partial charge on any atom is -0.406 e. The molecule has 2 aromatic heterocycles. The van der Waals surface area contributed by atoms with Gasteiger partial charge in [-0.1, -0.05) is 12.1 Å². The van der Waals surface area contributed by atoms with Crippen LogP contribution in [-0.4, -0.2) is 39.2 Å². The Morgan fingerprint density at radius 2 is 1.88 bits per heavy atom. The fourth-order valence-electron chi connectivity index (χ4n) is 3.81. The molecule has 1 atom stereocenters. The van der Waals surface area contributed by atoms with E-state index in [0.717, 1.165) is 31.4 Å². The van der Waals surface area contributed by atoms with Gasteiger partial charge in [-0.05, 0) is 49.3 Å². The van der Waals surface area contributed by atoms with Crippen molar-refractivity contribution in [3.8, 4) is 5.75 Å². The van der Waals surface area contributed by atoms with Gasteiger partial charge in [-0.25, -0.2) is 9.97 Å². The third-order valence-electron chi connectivity index (χ3n) is 5.93. The van der Waals surface area contributed by atoms with Crippen molar-refractivity contribution in [2.75, 3.05) is 0 Å². The number of aromatic nitrogens is 3. The molecule has 11 heteroatoms. The van der Waals surface area contributed by atoms with E-state index in [2.05, 4.69) is 30.3 Å². The van der Waals surface area contributed by atoms with Crippen molar-refractivity contribution in [1.82, 2.24) is 25.6 Å². The summed E-state index contributed by atoms with van der Waals surface area (Å²) in [5.74, 6) is -0.672. The molecule has 0 radical (unpaired) electrons. The molecule has 178 valence electrons. The molecular weight excluding hydrogens is 451 g/mol. The topological polar surface area (TPSA) is 109 Å². The number of hydrogen-bond acceptors (Lipinski definition) is 5. The van der Waals surface area contributed by atoms with E-state index in [9.17, 15) is 22.8 Å². The largest absolute Gasteiger partial charge is 0.573 e. The first-order valence-electron chi connectivity index (χ1n) is 11.0. The number of amides is 2. The van der Waals surface area contributed by atoms with Crippen LogP contribution in [0.15, 0.2) is 36.7 Å². The van der Waals surface area contributed by atoms with Gasteiger partial charge in [0.25, 0.3) is 5.91 Å². The minimum absolute atomic E-state index is 0.0322. The Labute approximate surface area is 192 Å². The number of benzene rings is 1. The van der Waals surface area contributed by atoms with Crippen LogP contribution in [0.2, 0.25) is 0 Å². The molecule has 5 rings (SSSR count). The summed E-state index contributed by atoms with van der Waals surface area (Å²) >= 11 is 0. The molecule has 2 saturated carbocycles. The maximum absolute atomic E-state index is 13.0. The van der Waals surface area contributed by atoms with Crippen LogP contribution in [0.1, 0.15) is 53.2 Å². The summed E-state index contributed by atoms with van der Waals surface area (Å²) in [6, 6.07) is 4.53. The first-order valence-corrected chi connectivity index (χ1v) is 11.0. The molecule has 3 aromatic rings. The molecule has 2 aliphatic carbocycles. The molecule has 2 amide bonds. The molecule has 2 fully saturated rings. The van der Waals surface area contributed by atoms with Crippen LogP contribution in [-0.2, 0) is 11.3 Å². The lowest BCUT2D eigenvalue weighted by molar-refractivity contribution is -0.274. The van der Waals surface area contributed by atoms with Gasteiger partial charge in [0.15, 0.2) is 5.65 Å². The van der Waals surface area contributed by atoms with E-state index >= 15 is 0 Å². The number of carbonyl (C=O) groups excluding carboxylic acids is 2. The number of H-pyrrole nitrogens is 1. The van der Waals surface area contributed by atoms with Crippen molar-refractivity contribution < 1.29 is 27.5 Å². The minimum atomic E-state index is -4.76. The van der Waals surface area contributed by atoms with Crippen LogP contribution in [0.25, 0.3) is 11.2 Å². The Kier molecular flexibility index (Phi) is 5.62. The first-order chi connectivity index (χ1) is 16.3. The van der Waals surface area contributed by atoms with Crippen molar-refractivity contribution in [2.24, 2.45) is 5.92 Å². The molecule has 1 aromatic carbocycles. The van der Waals surface area contributed by atoms with Gasteiger partial charge in [0.2, 0.25) is 5.91 Å². The Morgan fingerprint density at radius 1 is 1.15 bits per heavy atom. The number of halogens is 3. The zero-order chi connectivity index (χ0) is 23.9. The van der Waals surface area contributed by atoms with Crippen molar-refractivity contribution in [3.05, 3.63) is 53.5 Å². The maximum Gasteiger partial charge on any atom is 0.573 e. The monoisotopic (exact) mass is 473 g/mol. The summed E-state index contributed by atoms with van der Waals surface area (Å²) in [6.45, 7) is 0.105. The molecule has 34 heavy (non-hydrogen) atoms. The molecule has 0 aliphatic heterocycles. The zero-order valence-corrected chi connectivity index (χ0v) is 18.0. The predicted octanol–water partition coefficient (Wildman–Crippen LogP) is 3.56. The van der Waals surface area contributed by atoms with E-state index in [-0.39, 0.29) is 24.1 Å². The van der Waals surface area contributed by atoms with E-state index in [0.29, 0.717) is 28.2 Å². The Bertz CT molecular complexity index is 1220. The third-order valence-corrected chi connectivity index (χ3v) is 5.93. The molecule has 2 heterocycles. The summed E-state index contributed by atoms with van der Waals surface area (Å²) in [7, 11) is 0. The number of nitrogens with zero attached hydrogens (tertiary/aromatic N) is 2. The molecule has 3 N–H and O–H groups in total. The number of aromatic amines is 1. The molecule has 8 nitrogen and oxygen atoms in total. The molecule has 0 bridgehead atoms. The summed E-state index contributed by atoms with van der Waals surface area (Å²) in [5.41, 5.74) is 2.80. The number of ether oxygens (including phenoxy) is 1. The number of carbonyl (C=O) groups is 2. The Balaban J connectivity index is 1.23. The van der Waals surface area contributed by atoms with Crippen LogP contribution in [0.3, 0.4) is 0 Å². The second-order valence-electron chi connectivity index (χ2n) is 8.67. The van der Waals surface area contributed by atoms with Crippen LogP contribution in [0.5, 0.6) is 5.75 Å². The average Bonchev–Trinajstić information content (AvgIpc) is 3.72. The van der Waals surface area contributed by atoms with E-state index < -0.39 is 18.3 Å². The van der Waals surface area contributed by atoms with E-state index in [1.165, 1.54) is 24.3 Å². The van der Waals surface area contributed by atoms with Gasteiger partial charge in [0.05, 0.1) is 17.5 Å². The maximum atomic E-state index is 13.0. The predicted molar refractivity (Wildman–Crippen MR) is 115 cm³/mol. The zero-order valence-electron chi connectivity index (χ0n) is 18.0. The average molecular weight is 473 g/mol. The van der Waals surface area contributed by atoms with Crippen molar-refractivity contribution >= 4 is 23.0 Å². The Hall–Kier alpha value is -3.63. The van der Waals surface area contributed by atoms with Crippen molar-refractivity contribution in [2.45, 2.75) is 50.6 Å². The highest BCUT2D eigenvalue weighted by atomic mass is 19.4. The summed E-state index contributed by atoms with van der Waals surface area (Å²) in [5, 5.41) is 5.58. The van der Waals surface area contributed by atoms with E-state index in [1.807, 2.05) is 0 Å². The quantitative estimate of drug-likeness (QED) is 0.464. The number of nitrogens with one attached hydrogen (secondary N) is 3. The highest BCUT2D eigenvalue weighted by Gasteiger charge is 2.38. The molecule has 0 unspecified atom stereocenters. The van der Waals surface area contributed by atoms with Crippen LogP contribution < -0.4 is 15.4 Å². The Morgan fingerprint density at radius 3 is 2.53 bits per heavy atom. The SMILES string of the molecule is O=C(N[C@@H](C(=O)NCc1ccc(OC(F)(F)F)cc1)C1CC1)c1c[nH]c2ncc(C3CC3)nc12. The van der Waals surface area contributed by atoms with Gasteiger partial charge in [0, 0.05) is 18.7 Å². The van der Waals surface area contributed by atoms with Gasteiger partial charge < -0.3 is 20.4 Å². The van der Waals surface area contributed by atoms with Crippen molar-refractivity contribution in [3.63, 3.8) is 0 Å². The van der Waals surface area contributed by atoms with Crippen LogP contribution in [0, 0.1) is 5.92 Å². The van der Waals surface area contributed by atoms with Crippen molar-refractivity contribution in [1.29, 1.82) is 0 Å². The smallest absolute Gasteiger partial charge is 0.406 e. The number of fused-ring (bicyclic) bond motifs is 1. The van der Waals surface area contributed by atoms with Gasteiger partial charge in [-0.2, -0.15) is 0 Å². The lowest BCUT2D eigenvalue weighted by atomic mass is 10.1. The number of rotatable bonds is 8. The second-order valence-corrected chi connectivity index (χ2v) is 8.67. The number of alkyl halides is 3. The third kappa shape index (κ3) is 5.13. The molecular formula is C23H22F3N5O3. The van der Waals surface area contributed by atoms with E-state index in [1.54, 1.807) is 12.4 Å². The summed E-state index contributed by atoms with van der Waals surface area (Å²) in [6.07, 6.45) is 2.27. The molecule has 0 spiro atoms. The number of hydrogen-bond donors (Lipinski definition) is 3. The fraction of sp³-hybridized carbons (Fsp3) is 0.391. The normalized spacial score (nSPS) is 16.8. The summed E-state index contributed by atoms with van der Waals surface area (Å²) in [4.78, 5) is 37.7. The van der Waals surface area contributed by atoms with Crippen LogP contribution in [0.4, 0.5) is 13.2 Å². The first kappa shape index (κ1) is 22.2. The second kappa shape index (κ2) is 8.62. The standard InChI is InChI=1S/C23H22F3N5O3/c24-23(25,26)34-15-7-1-12(2-8-15)9-29-22(33)18(14-5-6-14)31-21(32)16-10-27-20-19(16)30-17(11-28-20)13-3-4-13/h1-2,7-8,10-11,13-14,18H,3-6,9H2,(H,27,28)(H,29,33)(H,31,32)/t18-/m1/s1. The van der Waals surface area contributed by atoms with Gasteiger partial charge in [-0.15, -0.1) is 13.2 Å². The van der Waals surface area contributed by atoms with Gasteiger partial charge in [0.1, 0.15) is 17.3 Å². The lowest BCUT2D eigenvalue weighted by Gasteiger charge is -2.18. The van der Waals surface area contributed by atoms with Crippen LogP contribution >= 0.6 is 0 Å². The lowest BCUT2D eigenvalue weighted by Crippen LogP contribution is -2.47. The van der Waals surface area contributed by atoms with Gasteiger partial charge >= 0.3 is 6.36 Å². The molecule has 0 saturated heterocycles. The highest BCUT2D eigenvalue weighted by Crippen LogP contribution is 2.39. The highest BCUT2D eigenvalue weighted by molar-refractivity contribution is 6.06. The molecule has 2 aliphatic rings. The van der Waals surface area contributed by atoms with E-state index in [4.69, 9.17) is 0 Å². The fourth-order valence-corrected chi connectivity index (χ4v) is 3.81.